The van der Waals surface area contributed by atoms with Crippen molar-refractivity contribution in [2.75, 3.05) is 0 Å². The quantitative estimate of drug-likeness (QED) is 0.760. The van der Waals surface area contributed by atoms with Crippen molar-refractivity contribution in [3.8, 4) is 0 Å². The Balaban J connectivity index is 1.38. The summed E-state index contributed by atoms with van der Waals surface area (Å²) < 4.78 is 0. The summed E-state index contributed by atoms with van der Waals surface area (Å²) >= 11 is 0. The van der Waals surface area contributed by atoms with E-state index in [0.29, 0.717) is 30.1 Å². The van der Waals surface area contributed by atoms with Gasteiger partial charge in [-0.05, 0) is 68.6 Å². The third kappa shape index (κ3) is 3.52. The van der Waals surface area contributed by atoms with E-state index < -0.39 is 6.03 Å². The highest BCUT2D eigenvalue weighted by atomic mass is 16.2. The summed E-state index contributed by atoms with van der Waals surface area (Å²) in [7, 11) is 0. The van der Waals surface area contributed by atoms with E-state index in [0.717, 1.165) is 25.7 Å². The first-order chi connectivity index (χ1) is 12.0. The summed E-state index contributed by atoms with van der Waals surface area (Å²) in [6.07, 6.45) is 14.9. The number of urea groups is 1. The Morgan fingerprint density at radius 2 is 1.52 bits per heavy atom. The molecule has 5 nitrogen and oxygen atoms in total. The van der Waals surface area contributed by atoms with E-state index in [4.69, 9.17) is 5.73 Å². The van der Waals surface area contributed by atoms with E-state index in [1.807, 2.05) is 0 Å². The van der Waals surface area contributed by atoms with Crippen LogP contribution in [0.1, 0.15) is 83.5 Å². The SMILES string of the molecule is NC(=O)N(NC(=O)CCC1CCCCC1)C12CC3CC(CC(C3)C1)C2. The van der Waals surface area contributed by atoms with Crippen LogP contribution in [0.15, 0.2) is 0 Å². The summed E-state index contributed by atoms with van der Waals surface area (Å²) in [5, 5.41) is 1.56. The van der Waals surface area contributed by atoms with Gasteiger partial charge < -0.3 is 5.73 Å². The number of nitrogens with two attached hydrogens (primary N) is 1. The lowest BCUT2D eigenvalue weighted by atomic mass is 9.53. The molecule has 0 atom stereocenters. The molecular formula is C20H33N3O2. The van der Waals surface area contributed by atoms with E-state index in [1.165, 1.54) is 51.4 Å². The lowest BCUT2D eigenvalue weighted by Gasteiger charge is -2.59. The summed E-state index contributed by atoms with van der Waals surface area (Å²) in [4.78, 5) is 24.7. The average Bonchev–Trinajstić information content (AvgIpc) is 2.57. The van der Waals surface area contributed by atoms with Gasteiger partial charge in [0, 0.05) is 6.42 Å². The molecule has 25 heavy (non-hydrogen) atoms. The Bertz CT molecular complexity index is 492. The van der Waals surface area contributed by atoms with Crippen molar-refractivity contribution in [1.82, 2.24) is 10.4 Å². The van der Waals surface area contributed by atoms with Gasteiger partial charge in [0.15, 0.2) is 0 Å². The van der Waals surface area contributed by atoms with Crippen LogP contribution in [0.2, 0.25) is 0 Å². The number of carbonyl (C=O) groups excluding carboxylic acids is 2. The second-order valence-corrected chi connectivity index (χ2v) is 9.39. The highest BCUT2D eigenvalue weighted by Gasteiger charge is 2.55. The monoisotopic (exact) mass is 347 g/mol. The molecule has 5 aliphatic carbocycles. The van der Waals surface area contributed by atoms with Crippen molar-refractivity contribution in [2.24, 2.45) is 29.4 Å². The summed E-state index contributed by atoms with van der Waals surface area (Å²) in [5.74, 6) is 2.80. The van der Waals surface area contributed by atoms with E-state index >= 15 is 0 Å². The van der Waals surface area contributed by atoms with Crippen LogP contribution in [0.25, 0.3) is 0 Å². The Kier molecular flexibility index (Phi) is 4.67. The van der Waals surface area contributed by atoms with Gasteiger partial charge in [0.25, 0.3) is 0 Å². The molecule has 3 N–H and O–H groups in total. The minimum Gasteiger partial charge on any atom is -0.350 e. The van der Waals surface area contributed by atoms with Gasteiger partial charge in [0.05, 0.1) is 5.54 Å². The number of hydrogen-bond acceptors (Lipinski definition) is 2. The van der Waals surface area contributed by atoms with Gasteiger partial charge in [-0.2, -0.15) is 0 Å². The largest absolute Gasteiger partial charge is 0.350 e. The molecule has 0 aliphatic heterocycles. The van der Waals surface area contributed by atoms with Crippen molar-refractivity contribution in [1.29, 1.82) is 0 Å². The smallest absolute Gasteiger partial charge is 0.334 e. The van der Waals surface area contributed by atoms with E-state index in [-0.39, 0.29) is 11.4 Å². The van der Waals surface area contributed by atoms with Crippen molar-refractivity contribution < 1.29 is 9.59 Å². The second-order valence-electron chi connectivity index (χ2n) is 9.39. The predicted octanol–water partition coefficient (Wildman–Crippen LogP) is 3.73. The maximum atomic E-state index is 12.5. The molecule has 140 valence electrons. The van der Waals surface area contributed by atoms with Crippen LogP contribution in [-0.4, -0.2) is 22.5 Å². The Morgan fingerprint density at radius 1 is 0.960 bits per heavy atom. The number of nitrogens with one attached hydrogen (secondary N) is 1. The molecule has 4 bridgehead atoms. The van der Waals surface area contributed by atoms with Crippen LogP contribution in [-0.2, 0) is 4.79 Å². The average molecular weight is 348 g/mol. The van der Waals surface area contributed by atoms with E-state index in [9.17, 15) is 9.59 Å². The maximum Gasteiger partial charge on any atom is 0.334 e. The molecule has 0 unspecified atom stereocenters. The number of rotatable bonds is 4. The topological polar surface area (TPSA) is 75.4 Å². The molecule has 0 aromatic heterocycles. The first-order valence-electron chi connectivity index (χ1n) is 10.4. The van der Waals surface area contributed by atoms with E-state index in [1.54, 1.807) is 5.01 Å². The zero-order valence-corrected chi connectivity index (χ0v) is 15.3. The lowest BCUT2D eigenvalue weighted by molar-refractivity contribution is -0.134. The molecule has 0 spiro atoms. The van der Waals surface area contributed by atoms with Gasteiger partial charge in [-0.15, -0.1) is 0 Å². The Morgan fingerprint density at radius 3 is 2.04 bits per heavy atom. The highest BCUT2D eigenvalue weighted by Crippen LogP contribution is 2.57. The third-order valence-corrected chi connectivity index (χ3v) is 7.44. The minimum atomic E-state index is -0.479. The summed E-state index contributed by atoms with van der Waals surface area (Å²) in [6, 6.07) is -0.479. The second kappa shape index (κ2) is 6.81. The molecule has 5 aliphatic rings. The first kappa shape index (κ1) is 17.2. The first-order valence-corrected chi connectivity index (χ1v) is 10.4. The van der Waals surface area contributed by atoms with Gasteiger partial charge in [-0.3, -0.25) is 10.2 Å². The summed E-state index contributed by atoms with van der Waals surface area (Å²) in [6.45, 7) is 0. The zero-order valence-electron chi connectivity index (χ0n) is 15.3. The fraction of sp³-hybridized carbons (Fsp3) is 0.900. The van der Waals surface area contributed by atoms with Crippen molar-refractivity contribution in [2.45, 2.75) is 89.0 Å². The number of hydrazine groups is 1. The summed E-state index contributed by atoms with van der Waals surface area (Å²) in [5.41, 5.74) is 8.44. The fourth-order valence-electron chi connectivity index (χ4n) is 6.74. The molecule has 5 saturated carbocycles. The zero-order chi connectivity index (χ0) is 17.4. The van der Waals surface area contributed by atoms with Crippen molar-refractivity contribution in [3.05, 3.63) is 0 Å². The number of hydrogen-bond donors (Lipinski definition) is 2. The lowest BCUT2D eigenvalue weighted by Crippen LogP contribution is -2.67. The van der Waals surface area contributed by atoms with Gasteiger partial charge in [0.1, 0.15) is 0 Å². The molecule has 5 fully saturated rings. The Labute approximate surface area is 151 Å². The standard InChI is InChI=1S/C20H33N3O2/c21-19(25)23(22-18(24)7-6-14-4-2-1-3-5-14)20-11-15-8-16(12-20)10-17(9-15)13-20/h14-17H,1-13H2,(H2,21,25)(H,22,24). The fourth-order valence-corrected chi connectivity index (χ4v) is 6.74. The van der Waals surface area contributed by atoms with Crippen LogP contribution in [0, 0.1) is 23.7 Å². The van der Waals surface area contributed by atoms with Crippen LogP contribution in [0.3, 0.4) is 0 Å². The molecule has 5 heteroatoms. The van der Waals surface area contributed by atoms with Crippen LogP contribution in [0.4, 0.5) is 4.79 Å². The van der Waals surface area contributed by atoms with Gasteiger partial charge in [-0.1, -0.05) is 32.1 Å². The number of nitrogens with zero attached hydrogens (tertiary/aromatic N) is 1. The van der Waals surface area contributed by atoms with Gasteiger partial charge in [0.2, 0.25) is 5.91 Å². The number of carbonyl (C=O) groups is 2. The van der Waals surface area contributed by atoms with Crippen LogP contribution < -0.4 is 11.2 Å². The van der Waals surface area contributed by atoms with E-state index in [2.05, 4.69) is 5.43 Å². The normalized spacial score (nSPS) is 37.0. The van der Waals surface area contributed by atoms with Gasteiger partial charge >= 0.3 is 6.03 Å². The molecule has 0 aromatic rings. The molecule has 3 amide bonds. The molecule has 0 radical (unpaired) electrons. The van der Waals surface area contributed by atoms with Crippen LogP contribution in [0.5, 0.6) is 0 Å². The Hall–Kier alpha value is -1.26. The third-order valence-electron chi connectivity index (χ3n) is 7.44. The molecule has 5 rings (SSSR count). The molecule has 0 saturated heterocycles. The van der Waals surface area contributed by atoms with Crippen molar-refractivity contribution >= 4 is 11.9 Å². The minimum absolute atomic E-state index is 0.0277. The van der Waals surface area contributed by atoms with Gasteiger partial charge in [-0.25, -0.2) is 9.80 Å². The predicted molar refractivity (Wildman–Crippen MR) is 96.3 cm³/mol. The van der Waals surface area contributed by atoms with Crippen molar-refractivity contribution in [3.63, 3.8) is 0 Å². The molecular weight excluding hydrogens is 314 g/mol. The highest BCUT2D eigenvalue weighted by molar-refractivity contribution is 5.81. The molecule has 0 aromatic carbocycles. The number of primary amides is 1. The maximum absolute atomic E-state index is 12.5. The number of amides is 3. The molecule has 0 heterocycles. The van der Waals surface area contributed by atoms with Crippen LogP contribution >= 0.6 is 0 Å².